The number of aliphatic hydroxyl groups excluding tert-OH is 1. The molecule has 4 amide bonds. The Hall–Kier alpha value is -7.68. The quantitative estimate of drug-likeness (QED) is 0.0260. The van der Waals surface area contributed by atoms with Crippen LogP contribution in [0.5, 0.6) is 0 Å². The minimum Gasteiger partial charge on any atom is -0.444 e. The number of carbonyl (C=O) groups excluding carboxylic acids is 8. The van der Waals surface area contributed by atoms with Gasteiger partial charge in [0.2, 0.25) is 13.6 Å². The van der Waals surface area contributed by atoms with Gasteiger partial charge in [-0.05, 0) is 131 Å². The van der Waals surface area contributed by atoms with Crippen LogP contribution in [0.3, 0.4) is 0 Å². The number of nitrogens with zero attached hydrogens (tertiary/aromatic N) is 1. The van der Waals surface area contributed by atoms with Crippen molar-refractivity contribution >= 4 is 65.4 Å². The second-order valence-corrected chi connectivity index (χ2v) is 19.7. The maximum absolute atomic E-state index is 14.2. The second kappa shape index (κ2) is 25.6. The number of carbonyl (C=O) groups is 8. The third kappa shape index (κ3) is 18.1. The second-order valence-electron chi connectivity index (χ2n) is 19.7. The molecule has 394 valence electrons. The summed E-state index contributed by atoms with van der Waals surface area (Å²) in [6, 6.07) is 9.27. The van der Waals surface area contributed by atoms with Crippen LogP contribution in [0.1, 0.15) is 137 Å². The lowest BCUT2D eigenvalue weighted by Crippen LogP contribution is -2.47. The highest BCUT2D eigenvalue weighted by atomic mass is 16.7. The first-order valence-electron chi connectivity index (χ1n) is 23.5. The lowest BCUT2D eigenvalue weighted by Gasteiger charge is -2.24. The highest BCUT2D eigenvalue weighted by molar-refractivity contribution is 6.12. The first-order valence-corrected chi connectivity index (χ1v) is 23.5. The van der Waals surface area contributed by atoms with Crippen molar-refractivity contribution in [2.75, 3.05) is 25.4 Å². The first-order chi connectivity index (χ1) is 34.2. The van der Waals surface area contributed by atoms with Gasteiger partial charge in [-0.15, -0.1) is 0 Å². The molecule has 0 spiro atoms. The number of rotatable bonds is 22. The number of aromatic nitrogens is 1. The Morgan fingerprint density at radius 2 is 1.30 bits per heavy atom. The van der Waals surface area contributed by atoms with Crippen molar-refractivity contribution in [3.63, 3.8) is 0 Å². The van der Waals surface area contributed by atoms with Crippen LogP contribution in [0.15, 0.2) is 55.1 Å². The lowest BCUT2D eigenvalue weighted by molar-refractivity contribution is -0.168. The third-order valence-electron chi connectivity index (χ3n) is 10.6. The molecule has 21 heteroatoms. The first kappa shape index (κ1) is 57.9. The highest BCUT2D eigenvalue weighted by Crippen LogP contribution is 2.32. The zero-order valence-electron chi connectivity index (χ0n) is 42.8. The number of ether oxygens (including phenoxy) is 6. The average Bonchev–Trinajstić information content (AvgIpc) is 4.14. The molecule has 1 aliphatic carbocycles. The minimum absolute atomic E-state index is 0.000153. The Morgan fingerprint density at radius 1 is 0.753 bits per heavy atom. The molecule has 1 saturated carbocycles. The summed E-state index contributed by atoms with van der Waals surface area (Å²) in [5, 5.41) is 29.3. The fourth-order valence-electron chi connectivity index (χ4n) is 6.66. The number of hydrogen-bond acceptors (Lipinski definition) is 17. The van der Waals surface area contributed by atoms with E-state index < -0.39 is 109 Å². The standard InChI is InChI=1S/C52H66N6O15/c1-12-31-21-37(44(61)55-34-17-15-32(16-18-34)38(53)23-40(60)68-26-69-46(63)41(28(2)3)57-49(66)72-51(6,7)8)36(22-33(31)25-59)35-19-20-39(45(62)54-24-30-13-14-30)56-43(35)48(65)71-27-70-47(64)42(29(4)5)58-50(67)73-52(9,10)11/h12,15-22,28-30,41-42,53,59H,1,13-14,23-27H2,2-11H3,(H,54,62)(H,55,61)(H,57,66)(H,58,67)/t41-,42-/m0/s1. The third-order valence-corrected chi connectivity index (χ3v) is 10.6. The number of benzene rings is 2. The molecule has 1 fully saturated rings. The largest absolute Gasteiger partial charge is 0.444 e. The molecule has 1 aromatic heterocycles. The lowest BCUT2D eigenvalue weighted by atomic mass is 9.92. The van der Waals surface area contributed by atoms with Gasteiger partial charge >= 0.3 is 36.1 Å². The molecule has 0 bridgehead atoms. The fraction of sp³-hybridized carbons (Fsp3) is 0.462. The number of hydrogen-bond donors (Lipinski definition) is 6. The van der Waals surface area contributed by atoms with Crippen LogP contribution in [0.25, 0.3) is 17.2 Å². The summed E-state index contributed by atoms with van der Waals surface area (Å²) >= 11 is 0. The van der Waals surface area contributed by atoms with E-state index >= 15 is 0 Å². The molecule has 2 aromatic carbocycles. The predicted octanol–water partition coefficient (Wildman–Crippen LogP) is 6.83. The summed E-state index contributed by atoms with van der Waals surface area (Å²) in [4.78, 5) is 109. The Kier molecular flexibility index (Phi) is 20.3. The van der Waals surface area contributed by atoms with E-state index in [0.717, 1.165) is 12.8 Å². The molecule has 0 unspecified atom stereocenters. The number of aliphatic hydroxyl groups is 1. The van der Waals surface area contributed by atoms with Crippen LogP contribution < -0.4 is 21.3 Å². The molecular formula is C52H66N6O15. The van der Waals surface area contributed by atoms with Crippen molar-refractivity contribution in [1.82, 2.24) is 20.9 Å². The molecule has 1 heterocycles. The predicted molar refractivity (Wildman–Crippen MR) is 266 cm³/mol. The summed E-state index contributed by atoms with van der Waals surface area (Å²) in [5.41, 5.74) is -1.15. The molecule has 1 aliphatic rings. The molecular weight excluding hydrogens is 949 g/mol. The van der Waals surface area contributed by atoms with Gasteiger partial charge in [0, 0.05) is 29.1 Å². The van der Waals surface area contributed by atoms with Gasteiger partial charge < -0.3 is 60.2 Å². The topological polar surface area (TPSA) is 297 Å². The van der Waals surface area contributed by atoms with Gasteiger partial charge in [0.1, 0.15) is 29.0 Å². The van der Waals surface area contributed by atoms with Crippen LogP contribution in [-0.2, 0) is 49.4 Å². The van der Waals surface area contributed by atoms with E-state index in [9.17, 15) is 43.5 Å². The number of anilines is 1. The Bertz CT molecular complexity index is 2560. The zero-order valence-corrected chi connectivity index (χ0v) is 42.8. The number of amides is 4. The minimum atomic E-state index is -1.18. The summed E-state index contributed by atoms with van der Waals surface area (Å²) in [7, 11) is 0. The van der Waals surface area contributed by atoms with Crippen molar-refractivity contribution in [3.8, 4) is 11.1 Å². The van der Waals surface area contributed by atoms with Gasteiger partial charge in [-0.25, -0.2) is 29.0 Å². The highest BCUT2D eigenvalue weighted by Gasteiger charge is 2.31. The Morgan fingerprint density at radius 3 is 1.79 bits per heavy atom. The van der Waals surface area contributed by atoms with Crippen molar-refractivity contribution in [2.45, 2.75) is 118 Å². The molecule has 6 N–H and O–H groups in total. The molecule has 0 radical (unpaired) electrons. The zero-order chi connectivity index (χ0) is 54.4. The van der Waals surface area contributed by atoms with Crippen LogP contribution in [0, 0.1) is 23.2 Å². The van der Waals surface area contributed by atoms with Gasteiger partial charge in [-0.1, -0.05) is 52.5 Å². The van der Waals surface area contributed by atoms with Gasteiger partial charge in [0.25, 0.3) is 11.8 Å². The monoisotopic (exact) mass is 1010 g/mol. The Balaban J connectivity index is 1.53. The van der Waals surface area contributed by atoms with Crippen molar-refractivity contribution in [2.24, 2.45) is 17.8 Å². The van der Waals surface area contributed by atoms with Gasteiger partial charge in [0.05, 0.1) is 13.0 Å². The van der Waals surface area contributed by atoms with Gasteiger partial charge in [-0.2, -0.15) is 0 Å². The number of esters is 4. The maximum atomic E-state index is 14.2. The number of nitrogens with one attached hydrogen (secondary N) is 5. The smallest absolute Gasteiger partial charge is 0.408 e. The van der Waals surface area contributed by atoms with Gasteiger partial charge in [0.15, 0.2) is 5.69 Å². The van der Waals surface area contributed by atoms with E-state index in [1.54, 1.807) is 69.2 Å². The number of alkyl carbamates (subject to hydrolysis) is 2. The SMILES string of the molecule is C=Cc1cc(C(=O)Nc2ccc(C(=N)CC(=O)OCOC(=O)[C@@H](NC(=O)OC(C)(C)C)C(C)C)cc2)c(-c2ccc(C(=O)NCC3CC3)nc2C(=O)OCOC(=O)[C@@H](NC(=O)OC(C)(C)C)C(C)C)cc1CO. The van der Waals surface area contributed by atoms with E-state index in [1.165, 1.54) is 54.6 Å². The molecule has 2 atom stereocenters. The fourth-order valence-corrected chi connectivity index (χ4v) is 6.66. The van der Waals surface area contributed by atoms with Crippen molar-refractivity contribution in [3.05, 3.63) is 88.8 Å². The van der Waals surface area contributed by atoms with Crippen LogP contribution >= 0.6 is 0 Å². The van der Waals surface area contributed by atoms with E-state index in [1.807, 2.05) is 0 Å². The molecule has 73 heavy (non-hydrogen) atoms. The van der Waals surface area contributed by atoms with Crippen LogP contribution in [0.4, 0.5) is 15.3 Å². The van der Waals surface area contributed by atoms with Crippen molar-refractivity contribution in [1.29, 1.82) is 5.41 Å². The summed E-state index contributed by atoms with van der Waals surface area (Å²) in [6.45, 7) is 18.6. The van der Waals surface area contributed by atoms with Crippen LogP contribution in [0.2, 0.25) is 0 Å². The molecule has 0 saturated heterocycles. The van der Waals surface area contributed by atoms with E-state index in [-0.39, 0.29) is 45.3 Å². The summed E-state index contributed by atoms with van der Waals surface area (Å²) in [6.07, 6.45) is 1.14. The van der Waals surface area contributed by atoms with E-state index in [4.69, 9.17) is 33.8 Å². The van der Waals surface area contributed by atoms with Crippen LogP contribution in [-0.4, -0.2) is 107 Å². The van der Waals surface area contributed by atoms with Gasteiger partial charge in [-0.3, -0.25) is 14.4 Å². The normalized spacial score (nSPS) is 13.1. The van der Waals surface area contributed by atoms with E-state index in [0.29, 0.717) is 23.6 Å². The summed E-state index contributed by atoms with van der Waals surface area (Å²) < 4.78 is 31.2. The molecule has 21 nitrogen and oxygen atoms in total. The maximum Gasteiger partial charge on any atom is 0.408 e. The Labute approximate surface area is 423 Å². The van der Waals surface area contributed by atoms with E-state index in [2.05, 4.69) is 32.8 Å². The summed E-state index contributed by atoms with van der Waals surface area (Å²) in [5.74, 6) is -5.64. The average molecular weight is 1020 g/mol. The molecule has 0 aliphatic heterocycles. The molecule has 4 rings (SSSR count). The molecule has 3 aromatic rings. The van der Waals surface area contributed by atoms with Crippen molar-refractivity contribution < 1.29 is 71.9 Å². The number of pyridine rings is 1.